The Kier molecular flexibility index (Phi) is 8.43. The van der Waals surface area contributed by atoms with Crippen molar-refractivity contribution in [2.75, 3.05) is 13.2 Å². The van der Waals surface area contributed by atoms with Gasteiger partial charge >= 0.3 is 0 Å². The molecule has 3 aromatic carbocycles. The van der Waals surface area contributed by atoms with Gasteiger partial charge in [0.25, 0.3) is 5.91 Å². The normalized spacial score (nSPS) is 12.0. The highest BCUT2D eigenvalue weighted by Crippen LogP contribution is 2.22. The van der Waals surface area contributed by atoms with Crippen LogP contribution in [-0.2, 0) is 13.0 Å². The Balaban J connectivity index is 1.34. The molecule has 182 valence electrons. The van der Waals surface area contributed by atoms with E-state index in [1.807, 2.05) is 18.2 Å². The Morgan fingerprint density at radius 1 is 1.06 bits per heavy atom. The molecule has 1 atom stereocenters. The molecule has 0 saturated carbocycles. The zero-order valence-corrected chi connectivity index (χ0v) is 21.1. The summed E-state index contributed by atoms with van der Waals surface area (Å²) in [7, 11) is 0. The number of rotatable bonds is 11. The monoisotopic (exact) mass is 489 g/mol. The number of halogens is 1. The van der Waals surface area contributed by atoms with Crippen LogP contribution in [0.4, 0.5) is 0 Å². The highest BCUT2D eigenvalue weighted by molar-refractivity contribution is 6.30. The van der Waals surface area contributed by atoms with Crippen molar-refractivity contribution in [2.24, 2.45) is 0 Å². The lowest BCUT2D eigenvalue weighted by Crippen LogP contribution is -2.26. The molecular formula is C29H32ClN3O2. The van der Waals surface area contributed by atoms with E-state index in [2.05, 4.69) is 54.1 Å². The molecule has 0 saturated heterocycles. The number of ether oxygens (including phenoxy) is 1. The first-order valence-electron chi connectivity index (χ1n) is 12.3. The van der Waals surface area contributed by atoms with Crippen LogP contribution >= 0.6 is 11.6 Å². The third kappa shape index (κ3) is 6.43. The number of nitrogens with one attached hydrogen (secondary N) is 1. The SMILES string of the molecule is CCC(C)c1ccc(OCCCn2c(CCNC(=O)c3ccc(Cl)cc3)nc3ccccc32)cc1. The molecule has 35 heavy (non-hydrogen) atoms. The van der Waals surface area contributed by atoms with Crippen LogP contribution in [0.15, 0.2) is 72.8 Å². The summed E-state index contributed by atoms with van der Waals surface area (Å²) in [6.45, 7) is 6.38. The minimum Gasteiger partial charge on any atom is -0.494 e. The lowest BCUT2D eigenvalue weighted by Gasteiger charge is -2.12. The van der Waals surface area contributed by atoms with Crippen molar-refractivity contribution in [3.63, 3.8) is 0 Å². The maximum Gasteiger partial charge on any atom is 0.251 e. The summed E-state index contributed by atoms with van der Waals surface area (Å²) in [5.74, 6) is 2.31. The molecule has 0 spiro atoms. The number of benzene rings is 3. The van der Waals surface area contributed by atoms with E-state index in [0.29, 0.717) is 36.1 Å². The van der Waals surface area contributed by atoms with Gasteiger partial charge in [-0.3, -0.25) is 4.79 Å². The van der Waals surface area contributed by atoms with Gasteiger partial charge in [0.15, 0.2) is 0 Å². The first-order valence-corrected chi connectivity index (χ1v) is 12.6. The molecule has 4 aromatic rings. The smallest absolute Gasteiger partial charge is 0.251 e. The fourth-order valence-electron chi connectivity index (χ4n) is 4.10. The number of hydrogen-bond donors (Lipinski definition) is 1. The average molecular weight is 490 g/mol. The van der Waals surface area contributed by atoms with Crippen molar-refractivity contribution in [3.05, 3.63) is 94.8 Å². The summed E-state index contributed by atoms with van der Waals surface area (Å²) >= 11 is 5.92. The molecule has 0 aliphatic heterocycles. The number of carbonyl (C=O) groups excluding carboxylic acids is 1. The summed E-state index contributed by atoms with van der Waals surface area (Å²) in [5.41, 5.74) is 4.01. The number of aromatic nitrogens is 2. The van der Waals surface area contributed by atoms with Crippen LogP contribution in [0.1, 0.15) is 54.4 Å². The van der Waals surface area contributed by atoms with Gasteiger partial charge in [0.05, 0.1) is 17.6 Å². The minimum absolute atomic E-state index is 0.114. The molecule has 5 nitrogen and oxygen atoms in total. The molecule has 1 amide bonds. The van der Waals surface area contributed by atoms with Gasteiger partial charge in [-0.1, -0.05) is 49.7 Å². The Morgan fingerprint density at radius 3 is 2.54 bits per heavy atom. The van der Waals surface area contributed by atoms with Crippen LogP contribution in [0.5, 0.6) is 5.75 Å². The lowest BCUT2D eigenvalue weighted by atomic mass is 9.99. The summed E-state index contributed by atoms with van der Waals surface area (Å²) in [6, 6.07) is 23.5. The molecule has 4 rings (SSSR count). The van der Waals surface area contributed by atoms with E-state index in [1.165, 1.54) is 5.56 Å². The van der Waals surface area contributed by atoms with Gasteiger partial charge in [0.2, 0.25) is 0 Å². The Bertz CT molecular complexity index is 1250. The number of aryl methyl sites for hydroxylation is 1. The number of imidazole rings is 1. The summed E-state index contributed by atoms with van der Waals surface area (Å²) in [5, 5.41) is 3.60. The van der Waals surface area contributed by atoms with Crippen molar-refractivity contribution in [2.45, 2.75) is 45.6 Å². The van der Waals surface area contributed by atoms with Crippen LogP contribution in [0, 0.1) is 0 Å². The molecule has 6 heteroatoms. The predicted molar refractivity (Wildman–Crippen MR) is 142 cm³/mol. The molecule has 1 aromatic heterocycles. The zero-order valence-electron chi connectivity index (χ0n) is 20.3. The maximum absolute atomic E-state index is 12.4. The Hall–Kier alpha value is -3.31. The molecule has 0 aliphatic rings. The van der Waals surface area contributed by atoms with Crippen molar-refractivity contribution < 1.29 is 9.53 Å². The average Bonchev–Trinajstić information content (AvgIpc) is 3.24. The molecule has 0 radical (unpaired) electrons. The standard InChI is InChI=1S/C29H32ClN3O2/c1-3-21(2)22-11-15-25(16-12-22)35-20-6-19-33-27-8-5-4-7-26(27)32-28(33)17-18-31-29(34)23-9-13-24(30)14-10-23/h4-5,7-16,21H,3,6,17-20H2,1-2H3,(H,31,34). The summed E-state index contributed by atoms with van der Waals surface area (Å²) in [4.78, 5) is 17.2. The van der Waals surface area contributed by atoms with E-state index in [-0.39, 0.29) is 5.91 Å². The molecule has 0 bridgehead atoms. The highest BCUT2D eigenvalue weighted by Gasteiger charge is 2.12. The topological polar surface area (TPSA) is 56.1 Å². The van der Waals surface area contributed by atoms with E-state index in [4.69, 9.17) is 21.3 Å². The summed E-state index contributed by atoms with van der Waals surface area (Å²) < 4.78 is 8.23. The molecule has 0 aliphatic carbocycles. The molecule has 1 unspecified atom stereocenters. The number of carbonyl (C=O) groups is 1. The van der Waals surface area contributed by atoms with Gasteiger partial charge in [0.1, 0.15) is 11.6 Å². The number of fused-ring (bicyclic) bond motifs is 1. The molecule has 1 heterocycles. The van der Waals surface area contributed by atoms with Crippen molar-refractivity contribution >= 4 is 28.5 Å². The Labute approximate surface area is 212 Å². The predicted octanol–water partition coefficient (Wildman–Crippen LogP) is 6.64. The van der Waals surface area contributed by atoms with Crippen molar-refractivity contribution in [1.29, 1.82) is 0 Å². The molecule has 0 fully saturated rings. The second-order valence-corrected chi connectivity index (χ2v) is 9.20. The number of amides is 1. The third-order valence-electron chi connectivity index (χ3n) is 6.33. The van der Waals surface area contributed by atoms with E-state index >= 15 is 0 Å². The number of hydrogen-bond acceptors (Lipinski definition) is 3. The second-order valence-electron chi connectivity index (χ2n) is 8.76. The van der Waals surface area contributed by atoms with Gasteiger partial charge in [0, 0.05) is 30.1 Å². The minimum atomic E-state index is -0.114. The van der Waals surface area contributed by atoms with Gasteiger partial charge in [-0.05, 0) is 72.9 Å². The van der Waals surface area contributed by atoms with E-state index in [9.17, 15) is 4.79 Å². The fraction of sp³-hybridized carbons (Fsp3) is 0.310. The van der Waals surface area contributed by atoms with Crippen LogP contribution in [-0.4, -0.2) is 28.6 Å². The second kappa shape index (κ2) is 11.9. The number of nitrogens with zero attached hydrogens (tertiary/aromatic N) is 2. The highest BCUT2D eigenvalue weighted by atomic mass is 35.5. The van der Waals surface area contributed by atoms with Gasteiger partial charge in [-0.2, -0.15) is 0 Å². The summed E-state index contributed by atoms with van der Waals surface area (Å²) in [6.07, 6.45) is 2.63. The van der Waals surface area contributed by atoms with Crippen LogP contribution in [0.3, 0.4) is 0 Å². The Morgan fingerprint density at radius 2 is 1.80 bits per heavy atom. The molecular weight excluding hydrogens is 458 g/mol. The molecule has 1 N–H and O–H groups in total. The zero-order chi connectivity index (χ0) is 24.6. The number of para-hydroxylation sites is 2. The van der Waals surface area contributed by atoms with Crippen LogP contribution in [0.2, 0.25) is 5.02 Å². The van der Waals surface area contributed by atoms with Gasteiger partial charge in [-0.25, -0.2) is 4.98 Å². The van der Waals surface area contributed by atoms with E-state index < -0.39 is 0 Å². The van der Waals surface area contributed by atoms with Crippen LogP contribution < -0.4 is 10.1 Å². The largest absolute Gasteiger partial charge is 0.494 e. The van der Waals surface area contributed by atoms with Crippen LogP contribution in [0.25, 0.3) is 11.0 Å². The maximum atomic E-state index is 12.4. The van der Waals surface area contributed by atoms with E-state index in [0.717, 1.165) is 42.0 Å². The van der Waals surface area contributed by atoms with Gasteiger partial charge in [-0.15, -0.1) is 0 Å². The first kappa shape index (κ1) is 24.8. The third-order valence-corrected chi connectivity index (χ3v) is 6.58. The quantitative estimate of drug-likeness (QED) is 0.240. The van der Waals surface area contributed by atoms with Crippen molar-refractivity contribution in [1.82, 2.24) is 14.9 Å². The van der Waals surface area contributed by atoms with Gasteiger partial charge < -0.3 is 14.6 Å². The first-order chi connectivity index (χ1) is 17.0. The van der Waals surface area contributed by atoms with E-state index in [1.54, 1.807) is 24.3 Å². The van der Waals surface area contributed by atoms with Crippen molar-refractivity contribution in [3.8, 4) is 5.75 Å². The fourth-order valence-corrected chi connectivity index (χ4v) is 4.22. The lowest BCUT2D eigenvalue weighted by molar-refractivity contribution is 0.0954.